The van der Waals surface area contributed by atoms with Crippen LogP contribution in [0.2, 0.25) is 0 Å². The molecule has 0 saturated heterocycles. The van der Waals surface area contributed by atoms with Crippen molar-refractivity contribution in [2.75, 3.05) is 19.4 Å². The number of pyridine rings is 1. The molecule has 1 aromatic carbocycles. The molecule has 4 rings (SSSR count). The Hall–Kier alpha value is -2.29. The number of carbonyl (C=O) groups is 1. The first-order valence-electron chi connectivity index (χ1n) is 10.7. The Morgan fingerprint density at radius 1 is 1.19 bits per heavy atom. The SMILES string of the molecule is CN(C)Cc1ccc([S@@](N)(=O)=NC(=O)Nc2c3c(nc4c2CCC4(C)C)CCC3)cc1. The van der Waals surface area contributed by atoms with Gasteiger partial charge in [-0.2, -0.15) is 0 Å². The lowest BCUT2D eigenvalue weighted by Crippen LogP contribution is -2.20. The fourth-order valence-electron chi connectivity index (χ4n) is 4.59. The van der Waals surface area contributed by atoms with Crippen molar-refractivity contribution >= 4 is 21.6 Å². The van der Waals surface area contributed by atoms with Gasteiger partial charge in [-0.3, -0.25) is 4.98 Å². The van der Waals surface area contributed by atoms with Crippen LogP contribution in [0.5, 0.6) is 0 Å². The Labute approximate surface area is 184 Å². The standard InChI is InChI=1S/C23H31N5O2S/c1-23(2)13-12-18-20(17-6-5-7-19(17)25-21(18)23)26-22(29)27-31(24,30)16-10-8-15(9-11-16)14-28(3)4/h8-11H,5-7,12-14H2,1-4H3,(H3,24,25,26,27,29,30)/t31-/m0/s1. The summed E-state index contributed by atoms with van der Waals surface area (Å²) in [6, 6.07) is 6.42. The number of benzene rings is 1. The van der Waals surface area contributed by atoms with E-state index in [9.17, 15) is 9.00 Å². The summed E-state index contributed by atoms with van der Waals surface area (Å²) in [4.78, 5) is 20.1. The second-order valence-electron chi connectivity index (χ2n) is 9.45. The van der Waals surface area contributed by atoms with Crippen LogP contribution >= 0.6 is 0 Å². The average Bonchev–Trinajstić information content (AvgIpc) is 3.26. The van der Waals surface area contributed by atoms with Gasteiger partial charge in [-0.1, -0.05) is 26.0 Å². The number of nitrogens with one attached hydrogen (secondary N) is 1. The van der Waals surface area contributed by atoms with Crippen LogP contribution in [0.15, 0.2) is 33.5 Å². The quantitative estimate of drug-likeness (QED) is 0.754. The topological polar surface area (TPSA) is 101 Å². The molecule has 0 aliphatic heterocycles. The Morgan fingerprint density at radius 2 is 1.90 bits per heavy atom. The molecule has 0 saturated carbocycles. The molecular weight excluding hydrogens is 410 g/mol. The van der Waals surface area contributed by atoms with E-state index in [4.69, 9.17) is 10.1 Å². The maximum absolute atomic E-state index is 13.0. The van der Waals surface area contributed by atoms with E-state index in [1.54, 1.807) is 12.1 Å². The third-order valence-electron chi connectivity index (χ3n) is 6.18. The number of hydrogen-bond donors (Lipinski definition) is 2. The first kappa shape index (κ1) is 21.9. The van der Waals surface area contributed by atoms with Crippen molar-refractivity contribution in [2.45, 2.75) is 62.8 Å². The van der Waals surface area contributed by atoms with Gasteiger partial charge in [0.05, 0.1) is 16.3 Å². The number of rotatable bonds is 4. The van der Waals surface area contributed by atoms with Crippen molar-refractivity contribution in [1.29, 1.82) is 0 Å². The Kier molecular flexibility index (Phi) is 5.66. The molecule has 1 heterocycles. The highest BCUT2D eigenvalue weighted by Crippen LogP contribution is 2.44. The highest BCUT2D eigenvalue weighted by molar-refractivity contribution is 7.91. The van der Waals surface area contributed by atoms with Crippen LogP contribution in [0.4, 0.5) is 10.5 Å². The van der Waals surface area contributed by atoms with Crippen molar-refractivity contribution in [3.8, 4) is 0 Å². The molecule has 0 bridgehead atoms. The van der Waals surface area contributed by atoms with E-state index in [0.717, 1.165) is 72.4 Å². The van der Waals surface area contributed by atoms with E-state index < -0.39 is 15.9 Å². The molecule has 8 heteroatoms. The molecule has 31 heavy (non-hydrogen) atoms. The van der Waals surface area contributed by atoms with Crippen LogP contribution in [0, 0.1) is 0 Å². The average molecular weight is 442 g/mol. The molecule has 2 aliphatic rings. The smallest absolute Gasteiger partial charge is 0.305 e. The molecule has 3 N–H and O–H groups in total. The molecular formula is C23H31N5O2S. The maximum atomic E-state index is 13.0. The second kappa shape index (κ2) is 8.00. The maximum Gasteiger partial charge on any atom is 0.354 e. The third kappa shape index (κ3) is 4.37. The van der Waals surface area contributed by atoms with E-state index in [-0.39, 0.29) is 5.41 Å². The first-order chi connectivity index (χ1) is 14.6. The largest absolute Gasteiger partial charge is 0.354 e. The van der Waals surface area contributed by atoms with Crippen LogP contribution in [-0.4, -0.2) is 34.2 Å². The molecule has 1 atom stereocenters. The summed E-state index contributed by atoms with van der Waals surface area (Å²) in [7, 11) is 0.617. The number of fused-ring (bicyclic) bond motifs is 2. The van der Waals surface area contributed by atoms with Crippen molar-refractivity contribution in [2.24, 2.45) is 9.50 Å². The van der Waals surface area contributed by atoms with Crippen LogP contribution in [-0.2, 0) is 41.1 Å². The zero-order chi connectivity index (χ0) is 22.4. The molecule has 1 aromatic heterocycles. The minimum absolute atomic E-state index is 0.0146. The minimum Gasteiger partial charge on any atom is -0.305 e. The zero-order valence-electron chi connectivity index (χ0n) is 18.7. The molecule has 0 radical (unpaired) electrons. The Morgan fingerprint density at radius 3 is 2.58 bits per heavy atom. The molecule has 0 unspecified atom stereocenters. The second-order valence-corrected chi connectivity index (χ2v) is 11.2. The monoisotopic (exact) mass is 441 g/mol. The number of carbonyl (C=O) groups excluding carboxylic acids is 1. The highest BCUT2D eigenvalue weighted by Gasteiger charge is 2.36. The van der Waals surface area contributed by atoms with E-state index in [2.05, 4.69) is 23.5 Å². The van der Waals surface area contributed by atoms with Gasteiger partial charge in [0.2, 0.25) is 0 Å². The summed E-state index contributed by atoms with van der Waals surface area (Å²) in [6.07, 6.45) is 4.69. The number of amides is 2. The molecule has 2 aliphatic carbocycles. The van der Waals surface area contributed by atoms with Crippen molar-refractivity contribution in [3.63, 3.8) is 0 Å². The normalized spacial score (nSPS) is 18.4. The summed E-state index contributed by atoms with van der Waals surface area (Å²) in [6.45, 7) is 5.14. The van der Waals surface area contributed by atoms with Crippen molar-refractivity contribution in [1.82, 2.24) is 9.88 Å². The molecule has 2 aromatic rings. The molecule has 0 spiro atoms. The van der Waals surface area contributed by atoms with Gasteiger partial charge >= 0.3 is 6.03 Å². The molecule has 166 valence electrons. The van der Waals surface area contributed by atoms with Gasteiger partial charge in [-0.05, 0) is 75.0 Å². The Balaban J connectivity index is 1.63. The number of aromatic nitrogens is 1. The number of anilines is 1. The summed E-state index contributed by atoms with van der Waals surface area (Å²) >= 11 is 0. The van der Waals surface area contributed by atoms with Gasteiger partial charge < -0.3 is 10.2 Å². The van der Waals surface area contributed by atoms with Gasteiger partial charge in [0.15, 0.2) is 0 Å². The molecule has 7 nitrogen and oxygen atoms in total. The zero-order valence-corrected chi connectivity index (χ0v) is 19.5. The third-order valence-corrected chi connectivity index (χ3v) is 7.56. The summed E-state index contributed by atoms with van der Waals surface area (Å²) in [5, 5.41) is 8.92. The van der Waals surface area contributed by atoms with E-state index in [1.807, 2.05) is 31.1 Å². The van der Waals surface area contributed by atoms with Gasteiger partial charge in [-0.15, -0.1) is 4.36 Å². The summed E-state index contributed by atoms with van der Waals surface area (Å²) < 4.78 is 16.9. The van der Waals surface area contributed by atoms with E-state index >= 15 is 0 Å². The lowest BCUT2D eigenvalue weighted by atomic mass is 9.90. The first-order valence-corrected chi connectivity index (χ1v) is 12.3. The van der Waals surface area contributed by atoms with Crippen LogP contribution in [0.25, 0.3) is 0 Å². The van der Waals surface area contributed by atoms with Gasteiger partial charge in [-0.25, -0.2) is 14.1 Å². The van der Waals surface area contributed by atoms with Crippen LogP contribution in [0.1, 0.15) is 54.8 Å². The number of aryl methyl sites for hydroxylation is 1. The van der Waals surface area contributed by atoms with E-state index in [1.165, 1.54) is 0 Å². The fraction of sp³-hybridized carbons (Fsp3) is 0.478. The Bertz CT molecular complexity index is 1150. The van der Waals surface area contributed by atoms with Gasteiger partial charge in [0.25, 0.3) is 0 Å². The number of nitrogens with two attached hydrogens (primary N) is 1. The summed E-state index contributed by atoms with van der Waals surface area (Å²) in [5.41, 5.74) is 6.18. The van der Waals surface area contributed by atoms with Crippen molar-refractivity contribution < 1.29 is 9.00 Å². The lowest BCUT2D eigenvalue weighted by Gasteiger charge is -2.20. The number of urea groups is 1. The predicted octanol–water partition coefficient (Wildman–Crippen LogP) is 3.79. The molecule has 2 amide bonds. The predicted molar refractivity (Wildman–Crippen MR) is 123 cm³/mol. The van der Waals surface area contributed by atoms with Gasteiger partial charge in [0, 0.05) is 17.7 Å². The summed E-state index contributed by atoms with van der Waals surface area (Å²) in [5.74, 6) is 0. The van der Waals surface area contributed by atoms with E-state index in [0.29, 0.717) is 4.90 Å². The fourth-order valence-corrected chi connectivity index (χ4v) is 5.52. The highest BCUT2D eigenvalue weighted by atomic mass is 32.2. The lowest BCUT2D eigenvalue weighted by molar-refractivity contribution is 0.260. The number of hydrogen-bond acceptors (Lipinski definition) is 4. The van der Waals surface area contributed by atoms with Crippen LogP contribution < -0.4 is 10.5 Å². The van der Waals surface area contributed by atoms with Crippen LogP contribution in [0.3, 0.4) is 0 Å². The minimum atomic E-state index is -3.34. The number of nitrogens with zero attached hydrogens (tertiary/aromatic N) is 3. The van der Waals surface area contributed by atoms with Gasteiger partial charge in [0.1, 0.15) is 9.92 Å². The van der Waals surface area contributed by atoms with Crippen molar-refractivity contribution in [3.05, 3.63) is 52.3 Å². The molecule has 0 fully saturated rings.